The summed E-state index contributed by atoms with van der Waals surface area (Å²) in [5.74, 6) is 0. The molecule has 0 unspecified atom stereocenters. The number of benzene rings is 15. The smallest absolute Gasteiger partial charge is 0.252 e. The number of nitrogens with zero attached hydrogens (tertiary/aromatic N) is 5. The van der Waals surface area contributed by atoms with E-state index >= 15 is 0 Å². The van der Waals surface area contributed by atoms with Crippen LogP contribution in [0.4, 0.5) is 34.1 Å². The van der Waals surface area contributed by atoms with E-state index in [2.05, 4.69) is 363 Å². The lowest BCUT2D eigenvalue weighted by Crippen LogP contribution is -2.61. The Labute approximate surface area is 677 Å². The van der Waals surface area contributed by atoms with Gasteiger partial charge in [0.05, 0.1) is 55.4 Å². The number of hydrogen-bond donors (Lipinski definition) is 0. The van der Waals surface area contributed by atoms with E-state index in [1.807, 2.05) is 6.07 Å². The molecule has 0 saturated heterocycles. The molecule has 0 radical (unpaired) electrons. The summed E-state index contributed by atoms with van der Waals surface area (Å²) in [5, 5.41) is 6.64. The fourth-order valence-electron chi connectivity index (χ4n) is 18.3. The van der Waals surface area contributed by atoms with Crippen molar-refractivity contribution < 1.29 is 11.0 Å². The highest BCUT2D eigenvalue weighted by molar-refractivity contribution is 7.26. The van der Waals surface area contributed by atoms with E-state index in [4.69, 9.17) is 0 Å². The fourth-order valence-corrected chi connectivity index (χ4v) is 19.4. The maximum absolute atomic E-state index is 10.00. The Hall–Kier alpha value is -12.4. The van der Waals surface area contributed by atoms with Crippen LogP contribution in [0.15, 0.2) is 315 Å². The standard InChI is InChI=1S/C106H88BN5S/c1-103(2,3)69-44-52-89-82(61-69)83-62-70(104(4,5)6)45-53-90(83)110(89)75-47-51-84-92(64-75)111(101-76(65-30-16-13-17-31-65)48-54-91-98(101)80-38-24-28-42-88(80)108(91)73-34-20-15-21-35-73)94-58-68(67-56-71(105(7,8)9)60-72(57-67)106(10,11)12)59-95-100(94)107(84)85-50-46-74(109-86-40-26-22-36-78(86)79-37-23-27-41-87(79)109)63-93(85)112(95)102-77(66-32-18-14-19-33-66)49-55-97-99(102)81-39-25-29-43-96(81)113-97/h13-64H,1-12H3/i22D,23D,26D,27D,36D,37D,40D,41D. The molecular weight excluding hydrogens is 1390 g/mol. The molecule has 0 bridgehead atoms. The first kappa shape index (κ1) is 60.3. The van der Waals surface area contributed by atoms with Crippen molar-refractivity contribution in [2.24, 2.45) is 0 Å². The summed E-state index contributed by atoms with van der Waals surface area (Å²) >= 11 is 1.76. The van der Waals surface area contributed by atoms with Gasteiger partial charge in [0.1, 0.15) is 0 Å². The number of rotatable bonds is 8. The monoisotopic (exact) mass is 1480 g/mol. The van der Waals surface area contributed by atoms with Crippen LogP contribution in [0.25, 0.3) is 136 Å². The van der Waals surface area contributed by atoms with Crippen molar-refractivity contribution in [1.29, 1.82) is 0 Å². The fraction of sp³-hybridized carbons (Fsp3) is 0.151. The summed E-state index contributed by atoms with van der Waals surface area (Å²) < 4.78 is 85.4. The minimum absolute atomic E-state index is 0.0108. The van der Waals surface area contributed by atoms with Crippen molar-refractivity contribution in [2.75, 3.05) is 9.80 Å². The van der Waals surface area contributed by atoms with Gasteiger partial charge in [0.25, 0.3) is 6.71 Å². The zero-order valence-corrected chi connectivity index (χ0v) is 66.4. The minimum Gasteiger partial charge on any atom is -0.310 e. The Kier molecular flexibility index (Phi) is 13.4. The number of thiophene rings is 1. The van der Waals surface area contributed by atoms with Crippen molar-refractivity contribution in [3.8, 4) is 50.4 Å². The highest BCUT2D eigenvalue weighted by Crippen LogP contribution is 2.57. The largest absolute Gasteiger partial charge is 0.310 e. The van der Waals surface area contributed by atoms with Gasteiger partial charge in [0.2, 0.25) is 0 Å². The van der Waals surface area contributed by atoms with Gasteiger partial charge in [-0.2, -0.15) is 0 Å². The molecule has 15 aromatic carbocycles. The van der Waals surface area contributed by atoms with Crippen molar-refractivity contribution in [2.45, 2.75) is 105 Å². The molecule has 0 atom stereocenters. The molecular formula is C106H88BN5S. The Balaban J connectivity index is 0.992. The highest BCUT2D eigenvalue weighted by Gasteiger charge is 2.46. The lowest BCUT2D eigenvalue weighted by molar-refractivity contribution is 0.569. The molecule has 0 N–H and O–H groups in total. The van der Waals surface area contributed by atoms with Crippen LogP contribution >= 0.6 is 11.3 Å². The summed E-state index contributed by atoms with van der Waals surface area (Å²) in [4.78, 5) is 5.16. The maximum Gasteiger partial charge on any atom is 0.252 e. The summed E-state index contributed by atoms with van der Waals surface area (Å²) in [6.45, 7) is 27.0. The Bertz CT molecular complexity index is 7500. The summed E-state index contributed by atoms with van der Waals surface area (Å²) in [6.07, 6.45) is 0. The molecule has 0 fully saturated rings. The molecule has 0 aliphatic carbocycles. The molecule has 6 heterocycles. The van der Waals surface area contributed by atoms with Crippen LogP contribution in [0, 0.1) is 0 Å². The van der Waals surface area contributed by atoms with Gasteiger partial charge in [0.15, 0.2) is 0 Å². The molecule has 7 heteroatoms. The lowest BCUT2D eigenvalue weighted by Gasteiger charge is -2.45. The van der Waals surface area contributed by atoms with Gasteiger partial charge >= 0.3 is 0 Å². The Morgan fingerprint density at radius 2 is 0.717 bits per heavy atom. The van der Waals surface area contributed by atoms with E-state index in [9.17, 15) is 11.0 Å². The van der Waals surface area contributed by atoms with Crippen molar-refractivity contribution in [1.82, 2.24) is 13.7 Å². The van der Waals surface area contributed by atoms with E-state index in [-0.39, 0.29) is 55.6 Å². The Morgan fingerprint density at radius 1 is 0.283 bits per heavy atom. The second kappa shape index (κ2) is 25.0. The summed E-state index contributed by atoms with van der Waals surface area (Å²) in [5.41, 5.74) is 25.4. The van der Waals surface area contributed by atoms with Crippen LogP contribution < -0.4 is 26.2 Å². The van der Waals surface area contributed by atoms with E-state index in [1.165, 1.54) is 33.0 Å². The van der Waals surface area contributed by atoms with Crippen molar-refractivity contribution >= 4 is 154 Å². The van der Waals surface area contributed by atoms with Gasteiger partial charge in [-0.25, -0.2) is 0 Å². The second-order valence-electron chi connectivity index (χ2n) is 35.1. The molecule has 0 spiro atoms. The first-order valence-corrected chi connectivity index (χ1v) is 40.2. The first-order valence-electron chi connectivity index (χ1n) is 43.4. The van der Waals surface area contributed by atoms with E-state index in [0.29, 0.717) is 5.69 Å². The second-order valence-corrected chi connectivity index (χ2v) is 36.2. The molecule has 2 aliphatic rings. The molecule has 21 rings (SSSR count). The number of fused-ring (bicyclic) bond motifs is 16. The third-order valence-corrected chi connectivity index (χ3v) is 25.2. The van der Waals surface area contributed by atoms with Gasteiger partial charge in [-0.15, -0.1) is 11.3 Å². The predicted molar refractivity (Wildman–Crippen MR) is 487 cm³/mol. The topological polar surface area (TPSA) is 21.3 Å². The normalized spacial score (nSPS) is 14.2. The SMILES string of the molecule is [2H]c1c([2H])c([2H])c2c(c1[2H])c1c([2H])c([2H])c([2H])c([2H])c1n2-c1ccc2c(c1)N(c1c(-c3ccccc3)ccc3sc4ccccc4c13)c1cc(-c3cc(C(C)(C)C)cc(C(C)(C)C)c3)cc3c1B2c1ccc(-n2c4ccc(C(C)(C)C)cc4c4cc(C(C)(C)C)ccc42)cc1N3c1c(-c2ccccc2)ccc2c1c1ccccc1n2-c1ccccc1. The number of para-hydroxylation sites is 4. The number of aromatic nitrogens is 3. The van der Waals surface area contributed by atoms with Crippen LogP contribution in [0.2, 0.25) is 0 Å². The predicted octanol–water partition coefficient (Wildman–Crippen LogP) is 27.6. The Morgan fingerprint density at radius 3 is 1.26 bits per heavy atom. The lowest BCUT2D eigenvalue weighted by atomic mass is 9.33. The minimum atomic E-state index is -0.552. The van der Waals surface area contributed by atoms with Crippen molar-refractivity contribution in [3.63, 3.8) is 0 Å². The molecule has 4 aromatic heterocycles. The van der Waals surface area contributed by atoms with Gasteiger partial charge in [-0.3, -0.25) is 0 Å². The van der Waals surface area contributed by atoms with E-state index < -0.39 is 43.0 Å². The molecule has 19 aromatic rings. The van der Waals surface area contributed by atoms with Gasteiger partial charge in [0, 0.05) is 103 Å². The van der Waals surface area contributed by atoms with Gasteiger partial charge in [-0.05, 0) is 192 Å². The molecule has 113 heavy (non-hydrogen) atoms. The molecule has 0 amide bonds. The third-order valence-electron chi connectivity index (χ3n) is 24.0. The van der Waals surface area contributed by atoms with E-state index in [0.717, 1.165) is 148 Å². The third kappa shape index (κ3) is 10.7. The quantitative estimate of drug-likeness (QED) is 0.141. The molecule has 546 valence electrons. The van der Waals surface area contributed by atoms with Crippen LogP contribution in [-0.2, 0) is 21.7 Å². The molecule has 2 aliphatic heterocycles. The zero-order chi connectivity index (χ0) is 83.8. The number of anilines is 6. The average molecular weight is 1480 g/mol. The summed E-state index contributed by atoms with van der Waals surface area (Å²) in [6, 6.07) is 95.4. The van der Waals surface area contributed by atoms with Crippen LogP contribution in [-0.4, -0.2) is 20.4 Å². The summed E-state index contributed by atoms with van der Waals surface area (Å²) in [7, 11) is 0. The van der Waals surface area contributed by atoms with Crippen molar-refractivity contribution in [3.05, 3.63) is 338 Å². The maximum atomic E-state index is 10.00. The van der Waals surface area contributed by atoms with Crippen LogP contribution in [0.1, 0.15) is 116 Å². The van der Waals surface area contributed by atoms with Gasteiger partial charge in [-0.1, -0.05) is 289 Å². The zero-order valence-electron chi connectivity index (χ0n) is 73.6. The van der Waals surface area contributed by atoms with Crippen LogP contribution in [0.3, 0.4) is 0 Å². The average Bonchev–Trinajstić information content (AvgIpc) is 1.65. The first-order chi connectivity index (χ1) is 57.9. The molecule has 0 saturated carbocycles. The van der Waals surface area contributed by atoms with Gasteiger partial charge < -0.3 is 23.5 Å². The molecule has 5 nitrogen and oxygen atoms in total. The highest BCUT2D eigenvalue weighted by atomic mass is 32.1. The number of hydrogen-bond acceptors (Lipinski definition) is 3. The van der Waals surface area contributed by atoms with Crippen LogP contribution in [0.5, 0.6) is 0 Å². The van der Waals surface area contributed by atoms with E-state index in [1.54, 1.807) is 15.9 Å².